The minimum atomic E-state index is -3.49. The van der Waals surface area contributed by atoms with Crippen molar-refractivity contribution in [1.29, 1.82) is 0 Å². The van der Waals surface area contributed by atoms with Crippen molar-refractivity contribution >= 4 is 43.9 Å². The number of urea groups is 1. The van der Waals surface area contributed by atoms with E-state index in [1.165, 1.54) is 22.7 Å². The first-order valence-electron chi connectivity index (χ1n) is 9.14. The summed E-state index contributed by atoms with van der Waals surface area (Å²) in [5, 5.41) is 7.05. The highest BCUT2D eigenvalue weighted by Gasteiger charge is 2.27. The van der Waals surface area contributed by atoms with E-state index in [2.05, 4.69) is 15.0 Å². The minimum Gasteiger partial charge on any atom is -0.324 e. The second kappa shape index (κ2) is 8.62. The Hall–Kier alpha value is -2.27. The van der Waals surface area contributed by atoms with Gasteiger partial charge in [0.15, 0.2) is 5.13 Å². The lowest BCUT2D eigenvalue weighted by molar-refractivity contribution is 0.193. The Balaban J connectivity index is 1.30. The number of likely N-dealkylation sites (tertiary alicyclic amines) is 1. The number of piperidine rings is 1. The molecule has 2 N–H and O–H groups in total. The van der Waals surface area contributed by atoms with Crippen LogP contribution in [0.2, 0.25) is 0 Å². The third-order valence-corrected chi connectivity index (χ3v) is 8.33. The molecule has 1 aliphatic heterocycles. The summed E-state index contributed by atoms with van der Waals surface area (Å²) in [5.41, 5.74) is 1.83. The molecule has 2 aromatic heterocycles. The zero-order valence-electron chi connectivity index (χ0n) is 15.4. The van der Waals surface area contributed by atoms with E-state index in [0.717, 1.165) is 11.3 Å². The zero-order valence-corrected chi connectivity index (χ0v) is 17.9. The van der Waals surface area contributed by atoms with Gasteiger partial charge in [-0.1, -0.05) is 36.4 Å². The number of nitrogens with zero attached hydrogens (tertiary/aromatic N) is 2. The third-order valence-electron chi connectivity index (χ3n) is 4.65. The highest BCUT2D eigenvalue weighted by atomic mass is 32.2. The Kier molecular flexibility index (Phi) is 5.95. The highest BCUT2D eigenvalue weighted by Crippen LogP contribution is 2.25. The summed E-state index contributed by atoms with van der Waals surface area (Å²) in [4.78, 5) is 18.7. The number of carbonyl (C=O) groups excluding carboxylic acids is 1. The molecule has 0 aliphatic carbocycles. The van der Waals surface area contributed by atoms with Gasteiger partial charge >= 0.3 is 6.03 Å². The number of thiophene rings is 1. The van der Waals surface area contributed by atoms with Gasteiger partial charge in [-0.25, -0.2) is 22.9 Å². The first-order chi connectivity index (χ1) is 14.0. The number of hydrogen-bond acceptors (Lipinski definition) is 6. The van der Waals surface area contributed by atoms with Crippen molar-refractivity contribution in [2.24, 2.45) is 0 Å². The van der Waals surface area contributed by atoms with Gasteiger partial charge in [0, 0.05) is 30.1 Å². The standard InChI is InChI=1S/C19H20N4O3S3/c24-19(21-18-20-16(13-28-18)14-5-2-1-3-6-14)23-10-8-15(9-11-23)22-29(25,26)17-7-4-12-27-17/h1-7,12-13,15,22H,8-11H2,(H,20,21,24). The molecule has 3 aromatic rings. The monoisotopic (exact) mass is 448 g/mol. The summed E-state index contributed by atoms with van der Waals surface area (Å²) < 4.78 is 27.7. The quantitative estimate of drug-likeness (QED) is 0.620. The average Bonchev–Trinajstić information content (AvgIpc) is 3.42. The second-order valence-electron chi connectivity index (χ2n) is 6.65. The van der Waals surface area contributed by atoms with E-state index in [4.69, 9.17) is 0 Å². The Bertz CT molecular complexity index is 1060. The normalized spacial score (nSPS) is 15.4. The molecule has 0 bridgehead atoms. The average molecular weight is 449 g/mol. The van der Waals surface area contributed by atoms with Crippen LogP contribution in [0.25, 0.3) is 11.3 Å². The van der Waals surface area contributed by atoms with Crippen molar-refractivity contribution in [1.82, 2.24) is 14.6 Å². The molecular weight excluding hydrogens is 428 g/mol. The Morgan fingerprint density at radius 3 is 2.52 bits per heavy atom. The molecule has 0 radical (unpaired) electrons. The fourth-order valence-electron chi connectivity index (χ4n) is 3.14. The van der Waals surface area contributed by atoms with Crippen molar-refractivity contribution in [3.63, 3.8) is 0 Å². The molecule has 1 fully saturated rings. The molecule has 29 heavy (non-hydrogen) atoms. The van der Waals surface area contributed by atoms with Gasteiger partial charge in [-0.3, -0.25) is 5.32 Å². The van der Waals surface area contributed by atoms with Crippen LogP contribution in [-0.4, -0.2) is 43.5 Å². The van der Waals surface area contributed by atoms with E-state index in [1.807, 2.05) is 35.7 Å². The van der Waals surface area contributed by atoms with Crippen LogP contribution in [0, 0.1) is 0 Å². The molecule has 4 rings (SSSR count). The summed E-state index contributed by atoms with van der Waals surface area (Å²) in [5.74, 6) is 0. The smallest absolute Gasteiger partial charge is 0.323 e. The molecule has 3 heterocycles. The Labute approximate surface area is 177 Å². The molecule has 0 saturated carbocycles. The number of hydrogen-bond donors (Lipinski definition) is 2. The van der Waals surface area contributed by atoms with Gasteiger partial charge in [0.25, 0.3) is 0 Å². The number of benzene rings is 1. The number of thiazole rings is 1. The molecule has 0 atom stereocenters. The fourth-order valence-corrected chi connectivity index (χ4v) is 6.16. The van der Waals surface area contributed by atoms with Crippen molar-refractivity contribution in [3.05, 3.63) is 53.2 Å². The first-order valence-corrected chi connectivity index (χ1v) is 12.4. The summed E-state index contributed by atoms with van der Waals surface area (Å²) in [6.07, 6.45) is 1.15. The van der Waals surface area contributed by atoms with E-state index in [-0.39, 0.29) is 12.1 Å². The summed E-state index contributed by atoms with van der Waals surface area (Å²) in [7, 11) is -3.49. The van der Waals surface area contributed by atoms with E-state index in [0.29, 0.717) is 35.3 Å². The van der Waals surface area contributed by atoms with Gasteiger partial charge < -0.3 is 4.90 Å². The van der Waals surface area contributed by atoms with Crippen molar-refractivity contribution in [3.8, 4) is 11.3 Å². The van der Waals surface area contributed by atoms with Crippen LogP contribution in [0.1, 0.15) is 12.8 Å². The largest absolute Gasteiger partial charge is 0.324 e. The van der Waals surface area contributed by atoms with E-state index >= 15 is 0 Å². The summed E-state index contributed by atoms with van der Waals surface area (Å²) >= 11 is 2.58. The number of anilines is 1. The highest BCUT2D eigenvalue weighted by molar-refractivity contribution is 7.91. The minimum absolute atomic E-state index is 0.171. The maximum absolute atomic E-state index is 12.5. The fraction of sp³-hybridized carbons (Fsp3) is 0.263. The van der Waals surface area contributed by atoms with Crippen LogP contribution in [0.3, 0.4) is 0 Å². The van der Waals surface area contributed by atoms with E-state index in [1.54, 1.807) is 22.4 Å². The van der Waals surface area contributed by atoms with Crippen LogP contribution in [0.5, 0.6) is 0 Å². The first kappa shape index (κ1) is 20.0. The number of nitrogens with one attached hydrogen (secondary N) is 2. The Morgan fingerprint density at radius 1 is 1.07 bits per heavy atom. The van der Waals surface area contributed by atoms with Crippen molar-refractivity contribution in [2.45, 2.75) is 23.1 Å². The van der Waals surface area contributed by atoms with Gasteiger partial charge in [0.05, 0.1) is 5.69 Å². The third kappa shape index (κ3) is 4.84. The predicted molar refractivity (Wildman–Crippen MR) is 116 cm³/mol. The molecule has 1 saturated heterocycles. The maximum atomic E-state index is 12.5. The lowest BCUT2D eigenvalue weighted by Crippen LogP contribution is -2.47. The zero-order chi connectivity index (χ0) is 20.3. The van der Waals surface area contributed by atoms with E-state index in [9.17, 15) is 13.2 Å². The molecule has 2 amide bonds. The number of rotatable bonds is 5. The summed E-state index contributed by atoms with van der Waals surface area (Å²) in [6, 6.07) is 12.7. The molecule has 1 aliphatic rings. The van der Waals surface area contributed by atoms with Gasteiger partial charge in [-0.05, 0) is 24.3 Å². The van der Waals surface area contributed by atoms with Crippen molar-refractivity contribution < 1.29 is 13.2 Å². The lowest BCUT2D eigenvalue weighted by Gasteiger charge is -2.31. The van der Waals surface area contributed by atoms with Crippen LogP contribution in [-0.2, 0) is 10.0 Å². The van der Waals surface area contributed by atoms with Crippen LogP contribution >= 0.6 is 22.7 Å². The SMILES string of the molecule is O=C(Nc1nc(-c2ccccc2)cs1)N1CCC(NS(=O)(=O)c2cccs2)CC1. The predicted octanol–water partition coefficient (Wildman–Crippen LogP) is 3.85. The van der Waals surface area contributed by atoms with Gasteiger partial charge in [-0.15, -0.1) is 22.7 Å². The van der Waals surface area contributed by atoms with Gasteiger partial charge in [0.2, 0.25) is 10.0 Å². The molecular formula is C19H20N4O3S3. The number of amides is 2. The van der Waals surface area contributed by atoms with Crippen LogP contribution in [0.15, 0.2) is 57.4 Å². The Morgan fingerprint density at radius 2 is 1.83 bits per heavy atom. The van der Waals surface area contributed by atoms with Gasteiger partial charge in [-0.2, -0.15) is 0 Å². The number of carbonyl (C=O) groups is 1. The van der Waals surface area contributed by atoms with E-state index < -0.39 is 10.0 Å². The second-order valence-corrected chi connectivity index (χ2v) is 10.4. The summed E-state index contributed by atoms with van der Waals surface area (Å²) in [6.45, 7) is 0.973. The van der Waals surface area contributed by atoms with Crippen LogP contribution < -0.4 is 10.0 Å². The molecule has 1 aromatic carbocycles. The molecule has 0 unspecified atom stereocenters. The van der Waals surface area contributed by atoms with Gasteiger partial charge in [0.1, 0.15) is 4.21 Å². The molecule has 7 nitrogen and oxygen atoms in total. The maximum Gasteiger partial charge on any atom is 0.323 e. The molecule has 10 heteroatoms. The molecule has 0 spiro atoms. The topological polar surface area (TPSA) is 91.4 Å². The lowest BCUT2D eigenvalue weighted by atomic mass is 10.1. The van der Waals surface area contributed by atoms with Crippen molar-refractivity contribution in [2.75, 3.05) is 18.4 Å². The number of sulfonamides is 1. The number of aromatic nitrogens is 1. The molecule has 152 valence electrons. The van der Waals surface area contributed by atoms with Crippen LogP contribution in [0.4, 0.5) is 9.93 Å².